The summed E-state index contributed by atoms with van der Waals surface area (Å²) in [5.74, 6) is 5.87. The number of nitrogens with one attached hydrogen (secondary N) is 1. The molecular formula is C15H23N3O2S. The topological polar surface area (TPSA) is 75.4 Å². The van der Waals surface area contributed by atoms with Crippen molar-refractivity contribution >= 4 is 15.7 Å². The molecule has 1 aliphatic carbocycles. The van der Waals surface area contributed by atoms with Crippen molar-refractivity contribution in [3.05, 3.63) is 24.3 Å². The van der Waals surface area contributed by atoms with E-state index in [4.69, 9.17) is 5.84 Å². The standard InChI is InChI=1S/C15H23N3O2S/c16-17-13-7-9-14(10-8-13)21(19,20)18-11-3-6-15(18)12-4-1-2-5-12/h7-10,12,15,17H,1-6,11,16H2. The van der Waals surface area contributed by atoms with Crippen molar-refractivity contribution in [1.29, 1.82) is 0 Å². The minimum absolute atomic E-state index is 0.199. The summed E-state index contributed by atoms with van der Waals surface area (Å²) in [7, 11) is -3.39. The van der Waals surface area contributed by atoms with Gasteiger partial charge in [0.15, 0.2) is 0 Å². The Hall–Kier alpha value is -1.11. The molecule has 0 radical (unpaired) electrons. The van der Waals surface area contributed by atoms with Gasteiger partial charge in [-0.2, -0.15) is 4.31 Å². The van der Waals surface area contributed by atoms with Crippen LogP contribution in [0.3, 0.4) is 0 Å². The first-order valence-corrected chi connectivity index (χ1v) is 9.15. The van der Waals surface area contributed by atoms with E-state index in [0.29, 0.717) is 23.0 Å². The van der Waals surface area contributed by atoms with Crippen molar-refractivity contribution < 1.29 is 8.42 Å². The van der Waals surface area contributed by atoms with Crippen LogP contribution in [0.1, 0.15) is 38.5 Å². The number of anilines is 1. The number of benzene rings is 1. The third-order valence-corrected chi connectivity index (χ3v) is 6.76. The van der Waals surface area contributed by atoms with Crippen molar-refractivity contribution in [2.45, 2.75) is 49.5 Å². The molecule has 2 fully saturated rings. The number of nitrogens with two attached hydrogens (primary N) is 1. The van der Waals surface area contributed by atoms with Gasteiger partial charge in [0, 0.05) is 18.3 Å². The Bertz CT molecular complexity index is 579. The van der Waals surface area contributed by atoms with E-state index in [9.17, 15) is 8.42 Å². The van der Waals surface area contributed by atoms with E-state index in [0.717, 1.165) is 12.8 Å². The highest BCUT2D eigenvalue weighted by Crippen LogP contribution is 2.38. The monoisotopic (exact) mass is 309 g/mol. The predicted octanol–water partition coefficient (Wildman–Crippen LogP) is 2.32. The van der Waals surface area contributed by atoms with Crippen molar-refractivity contribution in [3.63, 3.8) is 0 Å². The average molecular weight is 309 g/mol. The van der Waals surface area contributed by atoms with E-state index in [-0.39, 0.29) is 6.04 Å². The average Bonchev–Trinajstić information content (AvgIpc) is 3.17. The van der Waals surface area contributed by atoms with Crippen LogP contribution in [-0.2, 0) is 10.0 Å². The Morgan fingerprint density at radius 3 is 2.33 bits per heavy atom. The highest BCUT2D eigenvalue weighted by Gasteiger charge is 2.40. The lowest BCUT2D eigenvalue weighted by Crippen LogP contribution is -2.39. The molecule has 116 valence electrons. The molecule has 0 aromatic heterocycles. The van der Waals surface area contributed by atoms with Crippen LogP contribution in [0, 0.1) is 5.92 Å². The lowest BCUT2D eigenvalue weighted by atomic mass is 9.97. The van der Waals surface area contributed by atoms with Crippen LogP contribution < -0.4 is 11.3 Å². The molecule has 0 amide bonds. The minimum Gasteiger partial charge on any atom is -0.324 e. The quantitative estimate of drug-likeness (QED) is 0.661. The van der Waals surface area contributed by atoms with Crippen molar-refractivity contribution in [3.8, 4) is 0 Å². The summed E-state index contributed by atoms with van der Waals surface area (Å²) in [5, 5.41) is 0. The zero-order valence-corrected chi connectivity index (χ0v) is 13.0. The van der Waals surface area contributed by atoms with Gasteiger partial charge < -0.3 is 5.43 Å². The van der Waals surface area contributed by atoms with Gasteiger partial charge in [0.1, 0.15) is 0 Å². The summed E-state index contributed by atoms with van der Waals surface area (Å²) < 4.78 is 27.5. The summed E-state index contributed by atoms with van der Waals surface area (Å²) in [6.45, 7) is 0.653. The molecule has 1 aromatic carbocycles. The first kappa shape index (κ1) is 14.8. The first-order chi connectivity index (χ1) is 10.1. The van der Waals surface area contributed by atoms with Crippen molar-refractivity contribution in [2.75, 3.05) is 12.0 Å². The zero-order chi connectivity index (χ0) is 14.9. The number of hydrogen-bond donors (Lipinski definition) is 2. The van der Waals surface area contributed by atoms with Crippen molar-refractivity contribution in [2.24, 2.45) is 11.8 Å². The third kappa shape index (κ3) is 2.80. The Labute approximate surface area is 126 Å². The molecule has 21 heavy (non-hydrogen) atoms. The molecule has 1 aromatic rings. The maximum Gasteiger partial charge on any atom is 0.243 e. The van der Waals surface area contributed by atoms with Crippen LogP contribution in [0.25, 0.3) is 0 Å². The molecule has 1 saturated heterocycles. The molecule has 1 unspecified atom stereocenters. The summed E-state index contributed by atoms with van der Waals surface area (Å²) >= 11 is 0. The van der Waals surface area contributed by atoms with E-state index in [1.807, 2.05) is 0 Å². The highest BCUT2D eigenvalue weighted by molar-refractivity contribution is 7.89. The van der Waals surface area contributed by atoms with E-state index < -0.39 is 10.0 Å². The van der Waals surface area contributed by atoms with Crippen molar-refractivity contribution in [1.82, 2.24) is 4.31 Å². The van der Waals surface area contributed by atoms with Crippen LogP contribution >= 0.6 is 0 Å². The fraction of sp³-hybridized carbons (Fsp3) is 0.600. The van der Waals surface area contributed by atoms with Gasteiger partial charge in [-0.1, -0.05) is 12.8 Å². The Morgan fingerprint density at radius 2 is 1.71 bits per heavy atom. The van der Waals surface area contributed by atoms with Crippen LogP contribution in [0.5, 0.6) is 0 Å². The van der Waals surface area contributed by atoms with E-state index in [1.54, 1.807) is 28.6 Å². The Kier molecular flexibility index (Phi) is 4.19. The van der Waals surface area contributed by atoms with Gasteiger partial charge in [0.2, 0.25) is 10.0 Å². The van der Waals surface area contributed by atoms with Gasteiger partial charge in [0.25, 0.3) is 0 Å². The molecular weight excluding hydrogens is 286 g/mol. The van der Waals surface area contributed by atoms with Crippen LogP contribution in [-0.4, -0.2) is 25.3 Å². The zero-order valence-electron chi connectivity index (χ0n) is 12.2. The molecule has 0 spiro atoms. The second-order valence-electron chi connectivity index (χ2n) is 6.04. The van der Waals surface area contributed by atoms with Gasteiger partial charge in [-0.25, -0.2) is 8.42 Å². The van der Waals surface area contributed by atoms with Crippen LogP contribution in [0.2, 0.25) is 0 Å². The molecule has 3 N–H and O–H groups in total. The third-order valence-electron chi connectivity index (χ3n) is 4.82. The number of hydrazine groups is 1. The number of hydrogen-bond acceptors (Lipinski definition) is 4. The Morgan fingerprint density at radius 1 is 1.05 bits per heavy atom. The van der Waals surface area contributed by atoms with E-state index in [2.05, 4.69) is 5.43 Å². The van der Waals surface area contributed by atoms with E-state index >= 15 is 0 Å². The molecule has 2 aliphatic rings. The lowest BCUT2D eigenvalue weighted by molar-refractivity contribution is 0.288. The fourth-order valence-electron chi connectivity index (χ4n) is 3.74. The first-order valence-electron chi connectivity index (χ1n) is 7.71. The maximum absolute atomic E-state index is 12.9. The lowest BCUT2D eigenvalue weighted by Gasteiger charge is -2.28. The van der Waals surface area contributed by atoms with Crippen LogP contribution in [0.4, 0.5) is 5.69 Å². The molecule has 1 aliphatic heterocycles. The number of nitrogens with zero attached hydrogens (tertiary/aromatic N) is 1. The number of sulfonamides is 1. The van der Waals surface area contributed by atoms with Gasteiger partial charge in [0.05, 0.1) is 4.90 Å². The molecule has 0 bridgehead atoms. The van der Waals surface area contributed by atoms with Crippen LogP contribution in [0.15, 0.2) is 29.2 Å². The second kappa shape index (κ2) is 5.94. The minimum atomic E-state index is -3.39. The molecule has 6 heteroatoms. The predicted molar refractivity (Wildman–Crippen MR) is 83.1 cm³/mol. The van der Waals surface area contributed by atoms with Gasteiger partial charge in [-0.15, -0.1) is 0 Å². The maximum atomic E-state index is 12.9. The number of rotatable bonds is 4. The number of nitrogen functional groups attached to an aromatic ring is 1. The summed E-state index contributed by atoms with van der Waals surface area (Å²) in [4.78, 5) is 0.367. The molecule has 1 saturated carbocycles. The van der Waals surface area contributed by atoms with Gasteiger partial charge in [-0.3, -0.25) is 5.84 Å². The fourth-order valence-corrected chi connectivity index (χ4v) is 5.49. The van der Waals surface area contributed by atoms with E-state index in [1.165, 1.54) is 25.7 Å². The molecule has 1 atom stereocenters. The van der Waals surface area contributed by atoms with Gasteiger partial charge >= 0.3 is 0 Å². The SMILES string of the molecule is NNc1ccc(S(=O)(=O)N2CCCC2C2CCCC2)cc1. The Balaban J connectivity index is 1.85. The normalized spacial score (nSPS) is 24.5. The summed E-state index contributed by atoms with van der Waals surface area (Å²) in [5.41, 5.74) is 3.23. The van der Waals surface area contributed by atoms with Gasteiger partial charge in [-0.05, 0) is 55.9 Å². The molecule has 1 heterocycles. The molecule has 3 rings (SSSR count). The summed E-state index contributed by atoms with van der Waals surface area (Å²) in [6.07, 6.45) is 6.81. The summed E-state index contributed by atoms with van der Waals surface area (Å²) in [6, 6.07) is 6.87. The smallest absolute Gasteiger partial charge is 0.243 e. The second-order valence-corrected chi connectivity index (χ2v) is 7.93. The molecule has 5 nitrogen and oxygen atoms in total. The highest BCUT2D eigenvalue weighted by atomic mass is 32.2. The largest absolute Gasteiger partial charge is 0.324 e.